The van der Waals surface area contributed by atoms with Gasteiger partial charge in [0.05, 0.1) is 19.3 Å². The molecule has 1 N–H and O–H groups in total. The molecule has 96 valence electrons. The first-order chi connectivity index (χ1) is 8.04. The molecule has 0 saturated heterocycles. The fourth-order valence-corrected chi connectivity index (χ4v) is 2.85. The molecule has 0 unspecified atom stereocenters. The van der Waals surface area contributed by atoms with Gasteiger partial charge < -0.3 is 5.11 Å². The van der Waals surface area contributed by atoms with Gasteiger partial charge in [0.2, 0.25) is 10.0 Å². The van der Waals surface area contributed by atoms with Crippen LogP contribution in [0.1, 0.15) is 12.8 Å². The second kappa shape index (κ2) is 4.75. The smallest absolute Gasteiger partial charge is 0.245 e. The van der Waals surface area contributed by atoms with Gasteiger partial charge in [-0.05, 0) is 18.8 Å². The van der Waals surface area contributed by atoms with Crippen molar-refractivity contribution in [1.29, 1.82) is 0 Å². The van der Waals surface area contributed by atoms with Crippen molar-refractivity contribution in [2.45, 2.75) is 24.3 Å². The van der Waals surface area contributed by atoms with Gasteiger partial charge >= 0.3 is 0 Å². The van der Waals surface area contributed by atoms with Crippen LogP contribution in [0.5, 0.6) is 0 Å². The summed E-state index contributed by atoms with van der Waals surface area (Å²) >= 11 is 0. The minimum Gasteiger partial charge on any atom is -0.394 e. The first kappa shape index (κ1) is 12.5. The highest BCUT2D eigenvalue weighted by molar-refractivity contribution is 7.89. The van der Waals surface area contributed by atoms with Crippen molar-refractivity contribution in [3.8, 4) is 0 Å². The zero-order valence-corrected chi connectivity index (χ0v) is 10.6. The van der Waals surface area contributed by atoms with Crippen LogP contribution in [-0.2, 0) is 16.6 Å². The maximum Gasteiger partial charge on any atom is 0.245 e. The van der Waals surface area contributed by atoms with E-state index < -0.39 is 10.0 Å². The van der Waals surface area contributed by atoms with Gasteiger partial charge in [-0.15, -0.1) is 0 Å². The minimum absolute atomic E-state index is 0.0565. The molecule has 7 heteroatoms. The molecule has 0 spiro atoms. The molecule has 0 atom stereocenters. The Morgan fingerprint density at radius 2 is 2.29 bits per heavy atom. The first-order valence-electron chi connectivity index (χ1n) is 5.63. The Balaban J connectivity index is 2.11. The third-order valence-corrected chi connectivity index (χ3v) is 4.64. The number of hydrogen-bond acceptors (Lipinski definition) is 4. The molecular weight excluding hydrogens is 242 g/mol. The van der Waals surface area contributed by atoms with Crippen molar-refractivity contribution >= 4 is 10.0 Å². The number of aromatic nitrogens is 2. The molecule has 0 aliphatic heterocycles. The predicted octanol–water partition coefficient (Wildman–Crippen LogP) is -0.0941. The molecule has 1 aromatic heterocycles. The van der Waals surface area contributed by atoms with E-state index in [4.69, 9.17) is 5.11 Å². The second-order valence-corrected chi connectivity index (χ2v) is 6.44. The van der Waals surface area contributed by atoms with E-state index in [0.717, 1.165) is 12.8 Å². The molecular formula is C10H17N3O3S. The molecule has 6 nitrogen and oxygen atoms in total. The van der Waals surface area contributed by atoms with Gasteiger partial charge in [-0.3, -0.25) is 4.68 Å². The Morgan fingerprint density at radius 3 is 2.88 bits per heavy atom. The van der Waals surface area contributed by atoms with E-state index in [2.05, 4.69) is 5.10 Å². The summed E-state index contributed by atoms with van der Waals surface area (Å²) in [4.78, 5) is 0.189. The lowest BCUT2D eigenvalue weighted by Crippen LogP contribution is -2.28. The van der Waals surface area contributed by atoms with E-state index in [0.29, 0.717) is 19.0 Å². The van der Waals surface area contributed by atoms with Crippen LogP contribution in [0.4, 0.5) is 0 Å². The minimum atomic E-state index is -3.42. The van der Waals surface area contributed by atoms with Gasteiger partial charge in [0.15, 0.2) is 0 Å². The molecule has 1 aromatic rings. The average molecular weight is 259 g/mol. The molecule has 2 rings (SSSR count). The van der Waals surface area contributed by atoms with Crippen molar-refractivity contribution in [2.75, 3.05) is 20.2 Å². The zero-order valence-electron chi connectivity index (χ0n) is 9.78. The predicted molar refractivity (Wildman–Crippen MR) is 61.9 cm³/mol. The van der Waals surface area contributed by atoms with Crippen LogP contribution in [0.25, 0.3) is 0 Å². The van der Waals surface area contributed by atoms with E-state index in [1.54, 1.807) is 7.05 Å². The number of hydrogen-bond donors (Lipinski definition) is 1. The van der Waals surface area contributed by atoms with Gasteiger partial charge in [0.1, 0.15) is 4.90 Å². The quantitative estimate of drug-likeness (QED) is 0.774. The highest BCUT2D eigenvalue weighted by Crippen LogP contribution is 2.30. The monoisotopic (exact) mass is 259 g/mol. The summed E-state index contributed by atoms with van der Waals surface area (Å²) in [7, 11) is -1.83. The maximum absolute atomic E-state index is 12.1. The van der Waals surface area contributed by atoms with E-state index in [-0.39, 0.29) is 11.5 Å². The molecule has 1 heterocycles. The Morgan fingerprint density at radius 1 is 1.59 bits per heavy atom. The van der Waals surface area contributed by atoms with Gasteiger partial charge in [0, 0.05) is 19.8 Å². The van der Waals surface area contributed by atoms with Crippen molar-refractivity contribution in [3.63, 3.8) is 0 Å². The van der Waals surface area contributed by atoms with Crippen LogP contribution in [0.3, 0.4) is 0 Å². The lowest BCUT2D eigenvalue weighted by Gasteiger charge is -2.15. The Hall–Kier alpha value is -0.920. The molecule has 0 amide bonds. The van der Waals surface area contributed by atoms with Crippen LogP contribution in [0, 0.1) is 5.92 Å². The van der Waals surface area contributed by atoms with Crippen LogP contribution >= 0.6 is 0 Å². The highest BCUT2D eigenvalue weighted by Gasteiger charge is 2.29. The number of rotatable bonds is 6. The number of sulfonamides is 1. The number of nitrogens with zero attached hydrogens (tertiary/aromatic N) is 3. The molecule has 0 aromatic carbocycles. The molecule has 1 saturated carbocycles. The molecule has 0 radical (unpaired) electrons. The summed E-state index contributed by atoms with van der Waals surface area (Å²) in [5, 5.41) is 12.6. The summed E-state index contributed by atoms with van der Waals surface area (Å²) in [5.41, 5.74) is 0. The van der Waals surface area contributed by atoms with Crippen molar-refractivity contribution in [3.05, 3.63) is 12.4 Å². The molecule has 17 heavy (non-hydrogen) atoms. The number of aliphatic hydroxyl groups is 1. The summed E-state index contributed by atoms with van der Waals surface area (Å²) in [6.45, 7) is 0.828. The molecule has 1 aliphatic rings. The van der Waals surface area contributed by atoms with E-state index in [9.17, 15) is 8.42 Å². The third kappa shape index (κ3) is 2.85. The largest absolute Gasteiger partial charge is 0.394 e. The fraction of sp³-hybridized carbons (Fsp3) is 0.700. The van der Waals surface area contributed by atoms with Gasteiger partial charge in [-0.2, -0.15) is 5.10 Å². The SMILES string of the molecule is CN(CC1CC1)S(=O)(=O)c1cnn(CCO)c1. The van der Waals surface area contributed by atoms with Crippen molar-refractivity contribution in [1.82, 2.24) is 14.1 Å². The lowest BCUT2D eigenvalue weighted by molar-refractivity contribution is 0.269. The first-order valence-corrected chi connectivity index (χ1v) is 7.07. The van der Waals surface area contributed by atoms with Gasteiger partial charge in [-0.1, -0.05) is 0 Å². The molecule has 1 aliphatic carbocycles. The van der Waals surface area contributed by atoms with Crippen molar-refractivity contribution < 1.29 is 13.5 Å². The summed E-state index contributed by atoms with van der Waals surface area (Å²) in [5.74, 6) is 0.516. The second-order valence-electron chi connectivity index (χ2n) is 4.39. The summed E-state index contributed by atoms with van der Waals surface area (Å²) in [6.07, 6.45) is 5.01. The van der Waals surface area contributed by atoms with E-state index >= 15 is 0 Å². The van der Waals surface area contributed by atoms with Crippen LogP contribution in [0.15, 0.2) is 17.3 Å². The van der Waals surface area contributed by atoms with Gasteiger partial charge in [0.25, 0.3) is 0 Å². The lowest BCUT2D eigenvalue weighted by atomic mass is 10.4. The fourth-order valence-electron chi connectivity index (χ4n) is 1.64. The summed E-state index contributed by atoms with van der Waals surface area (Å²) in [6, 6.07) is 0. The van der Waals surface area contributed by atoms with E-state index in [1.807, 2.05) is 0 Å². The molecule has 1 fully saturated rings. The molecule has 0 bridgehead atoms. The number of aliphatic hydroxyl groups excluding tert-OH is 1. The van der Waals surface area contributed by atoms with Crippen LogP contribution in [-0.4, -0.2) is 47.8 Å². The topological polar surface area (TPSA) is 75.4 Å². The van der Waals surface area contributed by atoms with Gasteiger partial charge in [-0.25, -0.2) is 12.7 Å². The maximum atomic E-state index is 12.1. The Labute approximate surface area is 101 Å². The Kier molecular flexibility index (Phi) is 3.50. The summed E-state index contributed by atoms with van der Waals surface area (Å²) < 4.78 is 27.1. The standard InChI is InChI=1S/C10H17N3O3S/c1-12(7-9-2-3-9)17(15,16)10-6-11-13(8-10)4-5-14/h6,8-9,14H,2-5,7H2,1H3. The van der Waals surface area contributed by atoms with Crippen LogP contribution in [0.2, 0.25) is 0 Å². The van der Waals surface area contributed by atoms with E-state index in [1.165, 1.54) is 21.4 Å². The zero-order chi connectivity index (χ0) is 12.5. The average Bonchev–Trinajstić information content (AvgIpc) is 2.95. The van der Waals surface area contributed by atoms with Crippen LogP contribution < -0.4 is 0 Å². The third-order valence-electron chi connectivity index (χ3n) is 2.86. The van der Waals surface area contributed by atoms with Crippen molar-refractivity contribution in [2.24, 2.45) is 5.92 Å². The normalized spacial score (nSPS) is 16.6. The highest BCUT2D eigenvalue weighted by atomic mass is 32.2. The Bertz CT molecular complexity index is 479.